The predicted octanol–water partition coefficient (Wildman–Crippen LogP) is 4.33. The first-order chi connectivity index (χ1) is 14.4. The summed E-state index contributed by atoms with van der Waals surface area (Å²) in [6, 6.07) is 13.3. The Labute approximate surface area is 171 Å². The highest BCUT2D eigenvalue weighted by Crippen LogP contribution is 2.27. The second kappa shape index (κ2) is 7.90. The number of nitrogens with one attached hydrogen (secondary N) is 1. The fourth-order valence-electron chi connectivity index (χ4n) is 3.24. The molecule has 1 N–H and O–H groups in total. The zero-order valence-electron chi connectivity index (χ0n) is 16.3. The molecule has 4 rings (SSSR count). The predicted molar refractivity (Wildman–Crippen MR) is 109 cm³/mol. The molecule has 2 heterocycles. The van der Waals surface area contributed by atoms with Crippen molar-refractivity contribution in [3.63, 3.8) is 0 Å². The van der Waals surface area contributed by atoms with E-state index in [0.29, 0.717) is 17.0 Å². The van der Waals surface area contributed by atoms with Crippen molar-refractivity contribution in [3.8, 4) is 11.6 Å². The highest BCUT2D eigenvalue weighted by Gasteiger charge is 2.16. The Morgan fingerprint density at radius 1 is 1.07 bits per heavy atom. The number of benzene rings is 2. The molecule has 0 saturated carbocycles. The van der Waals surface area contributed by atoms with Gasteiger partial charge in [0.1, 0.15) is 11.6 Å². The fourth-order valence-corrected chi connectivity index (χ4v) is 3.24. The number of aryl methyl sites for hydroxylation is 2. The molecule has 0 aliphatic rings. The molecule has 152 valence electrons. The highest BCUT2D eigenvalue weighted by molar-refractivity contribution is 5.92. The van der Waals surface area contributed by atoms with Crippen molar-refractivity contribution in [2.45, 2.75) is 13.8 Å². The van der Waals surface area contributed by atoms with E-state index < -0.39 is 11.7 Å². The third-order valence-corrected chi connectivity index (χ3v) is 4.50. The molecule has 30 heavy (non-hydrogen) atoms. The fraction of sp³-hybridized carbons (Fsp3) is 0.136. The molecule has 0 unspecified atom stereocenters. The van der Waals surface area contributed by atoms with Crippen LogP contribution in [-0.4, -0.2) is 27.3 Å². The normalized spacial score (nSPS) is 10.9. The molecule has 1 amide bonds. The molecule has 0 atom stereocenters. The maximum atomic E-state index is 13.7. The largest absolute Gasteiger partial charge is 0.467 e. The van der Waals surface area contributed by atoms with E-state index in [9.17, 15) is 13.6 Å². The average Bonchev–Trinajstić information content (AvgIpc) is 3.03. The number of pyridine rings is 1. The summed E-state index contributed by atoms with van der Waals surface area (Å²) in [5.41, 5.74) is 2.97. The lowest BCUT2D eigenvalue weighted by Crippen LogP contribution is -2.20. The first-order valence-electron chi connectivity index (χ1n) is 9.22. The van der Waals surface area contributed by atoms with E-state index in [1.165, 1.54) is 30.3 Å². The third-order valence-electron chi connectivity index (χ3n) is 4.50. The molecule has 0 fully saturated rings. The Hall–Kier alpha value is -3.81. The van der Waals surface area contributed by atoms with Crippen LogP contribution in [0.1, 0.15) is 11.3 Å². The van der Waals surface area contributed by atoms with Gasteiger partial charge in [-0.3, -0.25) is 4.79 Å². The molecular weight excluding hydrogens is 390 g/mol. The van der Waals surface area contributed by atoms with Gasteiger partial charge in [0.25, 0.3) is 5.91 Å². The Kier molecular flexibility index (Phi) is 5.14. The Morgan fingerprint density at radius 2 is 1.80 bits per heavy atom. The van der Waals surface area contributed by atoms with Crippen LogP contribution in [0, 0.1) is 25.5 Å². The van der Waals surface area contributed by atoms with Gasteiger partial charge in [0.05, 0.1) is 11.4 Å². The summed E-state index contributed by atoms with van der Waals surface area (Å²) in [5.74, 6) is -1.05. The van der Waals surface area contributed by atoms with Crippen LogP contribution in [0.25, 0.3) is 16.7 Å². The van der Waals surface area contributed by atoms with Crippen LogP contribution >= 0.6 is 0 Å². The first-order valence-corrected chi connectivity index (χ1v) is 9.22. The second-order valence-corrected chi connectivity index (χ2v) is 6.80. The van der Waals surface area contributed by atoms with Crippen LogP contribution in [0.3, 0.4) is 0 Å². The van der Waals surface area contributed by atoms with Crippen molar-refractivity contribution in [2.75, 3.05) is 11.9 Å². The van der Waals surface area contributed by atoms with Gasteiger partial charge in [-0.25, -0.2) is 13.5 Å². The Morgan fingerprint density at radius 3 is 2.53 bits per heavy atom. The van der Waals surface area contributed by atoms with Gasteiger partial charge >= 0.3 is 0 Å². The third kappa shape index (κ3) is 3.98. The number of ether oxygens (including phenoxy) is 1. The van der Waals surface area contributed by atoms with Gasteiger partial charge in [-0.1, -0.05) is 12.1 Å². The van der Waals surface area contributed by atoms with Gasteiger partial charge < -0.3 is 10.1 Å². The topological polar surface area (TPSA) is 69.0 Å². The molecule has 2 aromatic carbocycles. The second-order valence-electron chi connectivity index (χ2n) is 6.80. The van der Waals surface area contributed by atoms with E-state index >= 15 is 0 Å². The summed E-state index contributed by atoms with van der Waals surface area (Å²) >= 11 is 0. The first kappa shape index (κ1) is 19.5. The number of anilines is 1. The van der Waals surface area contributed by atoms with Gasteiger partial charge in [-0.15, -0.1) is 0 Å². The number of rotatable bonds is 5. The SMILES string of the molecule is Cc1cc(OCC(=O)Nc2cccc(F)c2)nc2c1c(C)nn2-c1cccc(F)c1. The van der Waals surface area contributed by atoms with Crippen molar-refractivity contribution >= 4 is 22.6 Å². The maximum absolute atomic E-state index is 13.7. The van der Waals surface area contributed by atoms with Crippen LogP contribution in [0.2, 0.25) is 0 Å². The number of hydrogen-bond acceptors (Lipinski definition) is 4. The molecule has 0 bridgehead atoms. The van der Waals surface area contributed by atoms with Gasteiger partial charge in [0.15, 0.2) is 12.3 Å². The van der Waals surface area contributed by atoms with Gasteiger partial charge in [-0.05, 0) is 55.8 Å². The van der Waals surface area contributed by atoms with Gasteiger partial charge in [0, 0.05) is 17.1 Å². The smallest absolute Gasteiger partial charge is 0.262 e. The summed E-state index contributed by atoms with van der Waals surface area (Å²) in [4.78, 5) is 16.6. The molecule has 2 aromatic heterocycles. The van der Waals surface area contributed by atoms with Gasteiger partial charge in [0.2, 0.25) is 5.88 Å². The summed E-state index contributed by atoms with van der Waals surface area (Å²) < 4.78 is 34.0. The van der Waals surface area contributed by atoms with E-state index in [0.717, 1.165) is 16.6 Å². The number of halogens is 2. The molecule has 6 nitrogen and oxygen atoms in total. The highest BCUT2D eigenvalue weighted by atomic mass is 19.1. The van der Waals surface area contributed by atoms with E-state index in [-0.39, 0.29) is 18.3 Å². The molecule has 0 aliphatic heterocycles. The lowest BCUT2D eigenvalue weighted by molar-refractivity contribution is -0.118. The minimum absolute atomic E-state index is 0.229. The minimum atomic E-state index is -0.449. The summed E-state index contributed by atoms with van der Waals surface area (Å²) in [6.07, 6.45) is 0. The van der Waals surface area contributed by atoms with Crippen LogP contribution < -0.4 is 10.1 Å². The summed E-state index contributed by atoms with van der Waals surface area (Å²) in [5, 5.41) is 7.87. The van der Waals surface area contributed by atoms with Crippen molar-refractivity contribution in [2.24, 2.45) is 0 Å². The number of fused-ring (bicyclic) bond motifs is 1. The number of aromatic nitrogens is 3. The Balaban J connectivity index is 1.59. The average molecular weight is 408 g/mol. The van der Waals surface area contributed by atoms with Crippen molar-refractivity contribution in [1.82, 2.24) is 14.8 Å². The quantitative estimate of drug-likeness (QED) is 0.534. The molecule has 8 heteroatoms. The van der Waals surface area contributed by atoms with Gasteiger partial charge in [-0.2, -0.15) is 10.1 Å². The van der Waals surface area contributed by atoms with Crippen LogP contribution in [0.5, 0.6) is 5.88 Å². The molecule has 4 aromatic rings. The molecule has 0 saturated heterocycles. The summed E-state index contributed by atoms with van der Waals surface area (Å²) in [6.45, 7) is 3.43. The zero-order valence-corrected chi connectivity index (χ0v) is 16.3. The monoisotopic (exact) mass is 408 g/mol. The van der Waals surface area contributed by atoms with Crippen LogP contribution in [0.15, 0.2) is 54.6 Å². The number of carbonyl (C=O) groups is 1. The molecule has 0 spiro atoms. The minimum Gasteiger partial charge on any atom is -0.467 e. The van der Waals surface area contributed by atoms with Crippen LogP contribution in [-0.2, 0) is 4.79 Å². The maximum Gasteiger partial charge on any atom is 0.262 e. The number of nitrogens with zero attached hydrogens (tertiary/aromatic N) is 3. The van der Waals surface area contributed by atoms with E-state index in [1.807, 2.05) is 13.8 Å². The molecular formula is C22H18F2N4O2. The van der Waals surface area contributed by atoms with E-state index in [1.54, 1.807) is 28.9 Å². The number of carbonyl (C=O) groups excluding carboxylic acids is 1. The van der Waals surface area contributed by atoms with Crippen molar-refractivity contribution in [3.05, 3.63) is 77.5 Å². The molecule has 0 aliphatic carbocycles. The number of amides is 1. The standard InChI is InChI=1S/C22H18F2N4O2/c1-13-9-20(30-12-19(29)25-17-7-3-5-15(23)10-17)26-22-21(13)14(2)27-28(22)18-8-4-6-16(24)11-18/h3-11H,12H2,1-2H3,(H,25,29). The van der Waals surface area contributed by atoms with E-state index in [4.69, 9.17) is 4.74 Å². The molecule has 0 radical (unpaired) electrons. The van der Waals surface area contributed by atoms with E-state index in [2.05, 4.69) is 15.4 Å². The van der Waals surface area contributed by atoms with Crippen LogP contribution in [0.4, 0.5) is 14.5 Å². The van der Waals surface area contributed by atoms with Crippen molar-refractivity contribution in [1.29, 1.82) is 0 Å². The lowest BCUT2D eigenvalue weighted by atomic mass is 10.2. The lowest BCUT2D eigenvalue weighted by Gasteiger charge is -2.09. The number of hydrogen-bond donors (Lipinski definition) is 1. The summed E-state index contributed by atoms with van der Waals surface area (Å²) in [7, 11) is 0. The van der Waals surface area contributed by atoms with Crippen molar-refractivity contribution < 1.29 is 18.3 Å². The zero-order chi connectivity index (χ0) is 21.3. The Bertz CT molecular complexity index is 1250.